The van der Waals surface area contributed by atoms with Crippen LogP contribution in [-0.4, -0.2) is 5.78 Å². The van der Waals surface area contributed by atoms with Crippen LogP contribution >= 0.6 is 0 Å². The van der Waals surface area contributed by atoms with Crippen LogP contribution in [0.3, 0.4) is 0 Å². The van der Waals surface area contributed by atoms with Gasteiger partial charge in [-0.1, -0.05) is 71.9 Å². The van der Waals surface area contributed by atoms with Crippen LogP contribution in [-0.2, 0) is 4.79 Å². The second-order valence-corrected chi connectivity index (χ2v) is 8.25. The maximum absolute atomic E-state index is 13.0. The van der Waals surface area contributed by atoms with Gasteiger partial charge in [0.15, 0.2) is 5.78 Å². The Labute approximate surface area is 145 Å². The molecule has 0 aliphatic heterocycles. The lowest BCUT2D eigenvalue weighted by atomic mass is 9.71. The second kappa shape index (κ2) is 6.24. The summed E-state index contributed by atoms with van der Waals surface area (Å²) in [6, 6.07) is 12.0. The largest absolute Gasteiger partial charge is 0.289 e. The number of ketones is 1. The van der Waals surface area contributed by atoms with E-state index < -0.39 is 0 Å². The summed E-state index contributed by atoms with van der Waals surface area (Å²) in [5, 5.41) is 9.72. The predicted octanol–water partition coefficient (Wildman–Crippen LogP) is 5.49. The number of hydrogen-bond donors (Lipinski definition) is 0. The van der Waals surface area contributed by atoms with Gasteiger partial charge in [0.05, 0.1) is 5.57 Å². The van der Waals surface area contributed by atoms with Crippen LogP contribution in [0, 0.1) is 22.2 Å². The smallest absolute Gasteiger partial charge is 0.186 e. The summed E-state index contributed by atoms with van der Waals surface area (Å²) in [7, 11) is 0. The molecule has 2 rings (SSSR count). The molecule has 0 aromatic heterocycles. The van der Waals surface area contributed by atoms with Gasteiger partial charge in [-0.05, 0) is 34.1 Å². The Kier molecular flexibility index (Phi) is 4.67. The fourth-order valence-corrected chi connectivity index (χ4v) is 2.79. The number of allylic oxidation sites excluding steroid dienone is 6. The highest BCUT2D eigenvalue weighted by Gasteiger charge is 2.34. The van der Waals surface area contributed by atoms with E-state index in [0.717, 1.165) is 22.3 Å². The van der Waals surface area contributed by atoms with Gasteiger partial charge in [-0.15, -0.1) is 0 Å². The maximum Gasteiger partial charge on any atom is 0.186 e. The zero-order valence-corrected chi connectivity index (χ0v) is 15.4. The van der Waals surface area contributed by atoms with Gasteiger partial charge in [0.25, 0.3) is 0 Å². The number of rotatable bonds is 1. The molecular formula is C22H25NO. The third-order valence-corrected chi connectivity index (χ3v) is 4.17. The molecule has 0 fully saturated rings. The molecule has 1 aliphatic carbocycles. The number of Topliss-reactive ketones (excluding diaryl/α,β-unsaturated/α-hetero) is 1. The Hall–Kier alpha value is -2.40. The van der Waals surface area contributed by atoms with Crippen molar-refractivity contribution in [2.75, 3.05) is 0 Å². The molecule has 0 bridgehead atoms. The SMILES string of the molecule is CC(C)(C)C1=CC(=C(C#N)c2ccccc2)C=C(C(C)(C)C)C1=O. The zero-order chi connectivity index (χ0) is 18.1. The van der Waals surface area contributed by atoms with Crippen LogP contribution in [0.25, 0.3) is 5.57 Å². The van der Waals surface area contributed by atoms with E-state index in [1.807, 2.05) is 84.0 Å². The number of carbonyl (C=O) groups excluding carboxylic acids is 1. The number of carbonyl (C=O) groups is 1. The Balaban J connectivity index is 2.77. The van der Waals surface area contributed by atoms with Crippen molar-refractivity contribution in [1.82, 2.24) is 0 Å². The average molecular weight is 319 g/mol. The first-order valence-corrected chi connectivity index (χ1v) is 8.24. The van der Waals surface area contributed by atoms with Gasteiger partial charge < -0.3 is 0 Å². The molecule has 0 saturated carbocycles. The predicted molar refractivity (Wildman–Crippen MR) is 99.1 cm³/mol. The van der Waals surface area contributed by atoms with Crippen molar-refractivity contribution in [1.29, 1.82) is 5.26 Å². The first-order chi connectivity index (χ1) is 11.1. The Bertz CT molecular complexity index is 749. The van der Waals surface area contributed by atoms with Crippen LogP contribution in [0.15, 0.2) is 59.2 Å². The Morgan fingerprint density at radius 2 is 1.33 bits per heavy atom. The summed E-state index contributed by atoms with van der Waals surface area (Å²) >= 11 is 0. The van der Waals surface area contributed by atoms with Crippen molar-refractivity contribution in [2.24, 2.45) is 10.8 Å². The molecule has 0 amide bonds. The molecule has 0 radical (unpaired) electrons. The average Bonchev–Trinajstić information content (AvgIpc) is 2.48. The van der Waals surface area contributed by atoms with Gasteiger partial charge in [-0.3, -0.25) is 4.79 Å². The summed E-state index contributed by atoms with van der Waals surface area (Å²) in [5.41, 5.74) is 3.26. The lowest BCUT2D eigenvalue weighted by Crippen LogP contribution is -2.28. The standard InChI is InChI=1S/C22H25NO/c1-21(2,3)18-12-16(13-19(20(18)24)22(4,5)6)17(14-23)15-10-8-7-9-11-15/h7-13H,1-6H3. The van der Waals surface area contributed by atoms with E-state index in [1.54, 1.807) is 0 Å². The highest BCUT2D eigenvalue weighted by Crippen LogP contribution is 2.40. The van der Waals surface area contributed by atoms with Crippen molar-refractivity contribution in [3.8, 4) is 6.07 Å². The van der Waals surface area contributed by atoms with E-state index in [9.17, 15) is 10.1 Å². The number of nitrogens with zero attached hydrogens (tertiary/aromatic N) is 1. The minimum absolute atomic E-state index is 0.0871. The van der Waals surface area contributed by atoms with Crippen LogP contribution in [0.2, 0.25) is 0 Å². The molecule has 0 heterocycles. The Morgan fingerprint density at radius 1 is 0.875 bits per heavy atom. The van der Waals surface area contributed by atoms with Gasteiger partial charge in [-0.2, -0.15) is 5.26 Å². The number of benzene rings is 1. The van der Waals surface area contributed by atoms with Gasteiger partial charge >= 0.3 is 0 Å². The molecule has 0 spiro atoms. The van der Waals surface area contributed by atoms with Crippen LogP contribution in [0.5, 0.6) is 0 Å². The fourth-order valence-electron chi connectivity index (χ4n) is 2.79. The topological polar surface area (TPSA) is 40.9 Å². The van der Waals surface area contributed by atoms with E-state index in [-0.39, 0.29) is 16.6 Å². The van der Waals surface area contributed by atoms with Crippen molar-refractivity contribution < 1.29 is 4.79 Å². The van der Waals surface area contributed by atoms with Crippen LogP contribution < -0.4 is 0 Å². The molecule has 1 aliphatic rings. The molecule has 2 nitrogen and oxygen atoms in total. The first-order valence-electron chi connectivity index (χ1n) is 8.24. The molecule has 0 unspecified atom stereocenters. The molecular weight excluding hydrogens is 294 g/mol. The van der Waals surface area contributed by atoms with E-state index in [0.29, 0.717) is 5.57 Å². The van der Waals surface area contributed by atoms with Crippen molar-refractivity contribution >= 4 is 11.4 Å². The van der Waals surface area contributed by atoms with Gasteiger partial charge in [0, 0.05) is 11.1 Å². The molecule has 0 N–H and O–H groups in total. The fraction of sp³-hybridized carbons (Fsp3) is 0.364. The van der Waals surface area contributed by atoms with E-state index in [2.05, 4.69) is 6.07 Å². The van der Waals surface area contributed by atoms with Crippen molar-refractivity contribution in [3.05, 3.63) is 64.8 Å². The molecule has 0 atom stereocenters. The van der Waals surface area contributed by atoms with Crippen molar-refractivity contribution in [3.63, 3.8) is 0 Å². The monoisotopic (exact) mass is 319 g/mol. The third-order valence-electron chi connectivity index (χ3n) is 4.17. The first kappa shape index (κ1) is 17.9. The lowest BCUT2D eigenvalue weighted by Gasteiger charge is -2.31. The number of nitriles is 1. The van der Waals surface area contributed by atoms with E-state index in [1.165, 1.54) is 0 Å². The molecule has 24 heavy (non-hydrogen) atoms. The van der Waals surface area contributed by atoms with Crippen LogP contribution in [0.4, 0.5) is 0 Å². The zero-order valence-electron chi connectivity index (χ0n) is 15.4. The minimum Gasteiger partial charge on any atom is -0.289 e. The van der Waals surface area contributed by atoms with Gasteiger partial charge in [0.2, 0.25) is 0 Å². The van der Waals surface area contributed by atoms with Crippen molar-refractivity contribution in [2.45, 2.75) is 41.5 Å². The number of hydrogen-bond acceptors (Lipinski definition) is 2. The van der Waals surface area contributed by atoms with Crippen LogP contribution in [0.1, 0.15) is 47.1 Å². The van der Waals surface area contributed by atoms with Gasteiger partial charge in [0.1, 0.15) is 6.07 Å². The summed E-state index contributed by atoms with van der Waals surface area (Å²) in [4.78, 5) is 13.0. The van der Waals surface area contributed by atoms with Gasteiger partial charge in [-0.25, -0.2) is 0 Å². The highest BCUT2D eigenvalue weighted by atomic mass is 16.1. The third kappa shape index (κ3) is 3.57. The molecule has 2 heteroatoms. The van der Waals surface area contributed by atoms with E-state index >= 15 is 0 Å². The molecule has 1 aromatic carbocycles. The maximum atomic E-state index is 13.0. The Morgan fingerprint density at radius 3 is 1.71 bits per heavy atom. The normalized spacial score (nSPS) is 15.5. The molecule has 1 aromatic rings. The summed E-state index contributed by atoms with van der Waals surface area (Å²) in [5.74, 6) is 0.0871. The summed E-state index contributed by atoms with van der Waals surface area (Å²) in [6.45, 7) is 12.2. The van der Waals surface area contributed by atoms with E-state index in [4.69, 9.17) is 0 Å². The minimum atomic E-state index is -0.273. The quantitative estimate of drug-likeness (QED) is 0.642. The summed E-state index contributed by atoms with van der Waals surface area (Å²) in [6.07, 6.45) is 3.78. The molecule has 124 valence electrons. The molecule has 0 saturated heterocycles. The summed E-state index contributed by atoms with van der Waals surface area (Å²) < 4.78 is 0. The second-order valence-electron chi connectivity index (χ2n) is 8.25. The highest BCUT2D eigenvalue weighted by molar-refractivity contribution is 6.12. The lowest BCUT2D eigenvalue weighted by molar-refractivity contribution is -0.114.